The van der Waals surface area contributed by atoms with Gasteiger partial charge in [-0.25, -0.2) is 54.3 Å². The molecule has 101 heavy (non-hydrogen) atoms. The largest absolute Gasteiger partial charge is 0.489 e. The van der Waals surface area contributed by atoms with Gasteiger partial charge in [0.1, 0.15) is 134 Å². The topological polar surface area (TPSA) is 461 Å². The lowest BCUT2D eigenvalue weighted by Crippen LogP contribution is -2.32. The molecule has 9 heterocycles. The number of nitriles is 5. The second-order valence-electron chi connectivity index (χ2n) is 21.7. The van der Waals surface area contributed by atoms with Crippen molar-refractivity contribution in [2.24, 2.45) is 0 Å². The van der Waals surface area contributed by atoms with E-state index in [-0.39, 0.29) is 64.4 Å². The Labute approximate surface area is 586 Å². The summed E-state index contributed by atoms with van der Waals surface area (Å²) in [5.74, 6) is 4.01. The van der Waals surface area contributed by atoms with Crippen molar-refractivity contribution in [3.63, 3.8) is 0 Å². The van der Waals surface area contributed by atoms with Gasteiger partial charge in [0, 0.05) is 57.7 Å². The Morgan fingerprint density at radius 1 is 0.485 bits per heavy atom. The summed E-state index contributed by atoms with van der Waals surface area (Å²) in [6.07, 6.45) is 7.11. The number of nitrogens with two attached hydrogens (primary N) is 2. The summed E-state index contributed by atoms with van der Waals surface area (Å²) in [7, 11) is 4.62. The molecule has 7 N–H and O–H groups in total. The summed E-state index contributed by atoms with van der Waals surface area (Å²) in [5.41, 5.74) is 13.4. The van der Waals surface area contributed by atoms with Gasteiger partial charge in [-0.15, -0.1) is 0 Å². The van der Waals surface area contributed by atoms with E-state index in [9.17, 15) is 24.0 Å². The van der Waals surface area contributed by atoms with Crippen molar-refractivity contribution in [2.45, 2.75) is 86.1 Å². The Bertz CT molecular complexity index is 4290. The number of ether oxygens (including phenoxy) is 6. The minimum atomic E-state index is -0.521. The fourth-order valence-corrected chi connectivity index (χ4v) is 8.00. The molecule has 0 spiro atoms. The second kappa shape index (κ2) is 39.1. The van der Waals surface area contributed by atoms with Crippen LogP contribution in [0.15, 0.2) is 116 Å². The summed E-state index contributed by atoms with van der Waals surface area (Å²) in [6.45, 7) is 15.8. The number of carbonyl (C=O) groups is 5. The Morgan fingerprint density at radius 3 is 1.12 bits per heavy atom. The van der Waals surface area contributed by atoms with E-state index >= 15 is 0 Å². The van der Waals surface area contributed by atoms with Crippen molar-refractivity contribution in [1.82, 2.24) is 39.9 Å². The van der Waals surface area contributed by atoms with Gasteiger partial charge >= 0.3 is 18.1 Å². The van der Waals surface area contributed by atoms with Crippen molar-refractivity contribution in [3.05, 3.63) is 166 Å². The van der Waals surface area contributed by atoms with Crippen LogP contribution in [0.25, 0.3) is 0 Å². The van der Waals surface area contributed by atoms with E-state index in [4.69, 9.17) is 77.8 Å². The Hall–Kier alpha value is -13.2. The minimum Gasteiger partial charge on any atom is -0.489 e. The van der Waals surface area contributed by atoms with Crippen LogP contribution in [0, 0.1) is 56.7 Å². The highest BCUT2D eigenvalue weighted by atomic mass is 35.5. The van der Waals surface area contributed by atoms with Crippen LogP contribution in [0.3, 0.4) is 0 Å². The van der Waals surface area contributed by atoms with E-state index in [1.54, 1.807) is 67.7 Å². The summed E-state index contributed by atoms with van der Waals surface area (Å²) >= 11 is 5.59. The molecule has 0 radical (unpaired) electrons. The van der Waals surface area contributed by atoms with E-state index < -0.39 is 24.4 Å². The maximum Gasteiger partial charge on any atom is 0.328 e. The molecule has 6 amide bonds. The molecule has 9 rings (SSSR count). The molecule has 32 nitrogen and oxygen atoms in total. The average molecular weight is 1390 g/mol. The summed E-state index contributed by atoms with van der Waals surface area (Å²) in [6, 6.07) is 30.7. The molecule has 520 valence electrons. The summed E-state index contributed by atoms with van der Waals surface area (Å²) in [4.78, 5) is 94.9. The van der Waals surface area contributed by atoms with Crippen LogP contribution in [0.4, 0.5) is 60.9 Å². The molecule has 1 aliphatic heterocycles. The van der Waals surface area contributed by atoms with Crippen molar-refractivity contribution in [1.29, 1.82) is 26.3 Å². The average Bonchev–Trinajstić information content (AvgIpc) is 1.51. The second-order valence-corrected chi connectivity index (χ2v) is 22.1. The van der Waals surface area contributed by atoms with Crippen molar-refractivity contribution < 1.29 is 52.4 Å². The Kier molecular flexibility index (Phi) is 30.4. The number of nitrogens with one attached hydrogen (secondary N) is 3. The molecule has 1 fully saturated rings. The number of urea groups is 3. The molecule has 1 saturated heterocycles. The number of carbonyl (C=O) groups excluding carboxylic acids is 5. The molecular formula is C68H70ClN21O11. The number of rotatable bonds is 17. The quantitative estimate of drug-likeness (QED) is 0.0529. The molecular weight excluding hydrogens is 1320 g/mol. The van der Waals surface area contributed by atoms with E-state index in [1.807, 2.05) is 85.7 Å². The van der Waals surface area contributed by atoms with Gasteiger partial charge in [0.15, 0.2) is 12.6 Å². The first-order chi connectivity index (χ1) is 48.2. The van der Waals surface area contributed by atoms with Gasteiger partial charge in [-0.05, 0) is 91.8 Å². The van der Waals surface area contributed by atoms with Crippen LogP contribution in [-0.4, -0.2) is 129 Å². The van der Waals surface area contributed by atoms with Crippen molar-refractivity contribution >= 4 is 88.8 Å². The molecule has 0 saturated carbocycles. The first-order valence-corrected chi connectivity index (χ1v) is 30.6. The fourth-order valence-electron chi connectivity index (χ4n) is 7.80. The lowest BCUT2D eigenvalue weighted by atomic mass is 10.2. The van der Waals surface area contributed by atoms with E-state index in [2.05, 4.69) is 55.8 Å². The number of halogens is 1. The monoisotopic (exact) mass is 1390 g/mol. The number of aldehydes is 2. The predicted molar refractivity (Wildman–Crippen MR) is 372 cm³/mol. The molecule has 8 aromatic rings. The number of hydrogen-bond acceptors (Lipinski definition) is 26. The molecule has 0 aliphatic carbocycles. The number of anilines is 8. The van der Waals surface area contributed by atoms with E-state index in [0.29, 0.717) is 105 Å². The van der Waals surface area contributed by atoms with E-state index in [0.717, 1.165) is 0 Å². The lowest BCUT2D eigenvalue weighted by molar-refractivity contribution is -0.0472. The number of amides is 6. The third kappa shape index (κ3) is 24.8. The number of aromatic nitrogens is 8. The van der Waals surface area contributed by atoms with Crippen LogP contribution < -0.4 is 61.1 Å². The highest BCUT2D eigenvalue weighted by molar-refractivity contribution is 6.31. The van der Waals surface area contributed by atoms with E-state index in [1.165, 1.54) is 84.0 Å². The van der Waals surface area contributed by atoms with Gasteiger partial charge in [-0.1, -0.05) is 29.8 Å². The minimum absolute atomic E-state index is 0.0221. The summed E-state index contributed by atoms with van der Waals surface area (Å²) < 4.78 is 33.0. The van der Waals surface area contributed by atoms with Crippen molar-refractivity contribution in [2.75, 3.05) is 76.5 Å². The van der Waals surface area contributed by atoms with Crippen molar-refractivity contribution in [3.8, 4) is 53.3 Å². The number of nitrogens with zero attached hydrogens (tertiary/aromatic N) is 16. The van der Waals surface area contributed by atoms with Crippen LogP contribution in [0.5, 0.6) is 23.0 Å². The molecule has 33 heteroatoms. The molecule has 1 aliphatic rings. The Balaban J connectivity index is 0.000000237. The maximum atomic E-state index is 12.6. The van der Waals surface area contributed by atoms with Crippen LogP contribution >= 0.6 is 11.6 Å². The lowest BCUT2D eigenvalue weighted by Gasteiger charge is -2.19. The van der Waals surface area contributed by atoms with Gasteiger partial charge in [-0.2, -0.15) is 26.3 Å². The molecule has 0 aromatic carbocycles. The number of pyridine rings is 8. The number of hydrogen-bond donors (Lipinski definition) is 5. The van der Waals surface area contributed by atoms with Crippen LogP contribution in [0.2, 0.25) is 5.02 Å². The standard InChI is InChI=1S/C19H21N5O4.2C17H17N5O3.C9H11N3O.C6H4ClN3/c1-12(2)28-15-9-16(21-11-13(15)10-20)23-19(25)24(3)17-6-4-5-14(22-17)18-26-7-8-27-18;2*1-11(2)25-14-7-15(19-9-12(14)8-18)21-17(24)22(3)16-6-4-5-13(10-23)20-16;1-6(2)13-8-3-9(11)12-5-7(8)4-10;7-5-1-6(9)10-3-4(5)2-8/h4-6,9,11-12,18H,7-8H2,1-3H3,(H,21,23,25);2*4-7,9-11H,1-3H3,(H,19,21,24);3,5-6H,1-2H3,(H2,11,12);1,3H,(H2,9,10). The summed E-state index contributed by atoms with van der Waals surface area (Å²) in [5, 5.41) is 52.7. The zero-order valence-corrected chi connectivity index (χ0v) is 57.4. The molecule has 0 atom stereocenters. The highest BCUT2D eigenvalue weighted by Crippen LogP contribution is 2.28. The maximum absolute atomic E-state index is 12.6. The smallest absolute Gasteiger partial charge is 0.328 e. The zero-order chi connectivity index (χ0) is 74.3. The van der Waals surface area contributed by atoms with Crippen LogP contribution in [0.1, 0.15) is 116 Å². The van der Waals surface area contributed by atoms with Crippen LogP contribution in [-0.2, 0) is 9.47 Å². The van der Waals surface area contributed by atoms with Gasteiger partial charge in [0.05, 0.1) is 78.7 Å². The molecule has 0 unspecified atom stereocenters. The third-order valence-electron chi connectivity index (χ3n) is 12.4. The SMILES string of the molecule is CC(C)Oc1cc(N)ncc1C#N.CC(C)Oc1cc(NC(=O)N(C)c2cccc(C3OCCO3)n2)ncc1C#N.CC(C)Oc1cc(NC(=O)N(C)c2cccc(C=O)n2)ncc1C#N.CC(C)Oc1cc(NC(=O)N(C)c2cccc(C=O)n2)ncc1C#N.N#Cc1cnc(N)cc1Cl. The normalized spacial score (nSPS) is 11.0. The predicted octanol–water partition coefficient (Wildman–Crippen LogP) is 10.6. The Morgan fingerprint density at radius 2 is 0.792 bits per heavy atom. The van der Waals surface area contributed by atoms with Gasteiger partial charge in [0.2, 0.25) is 6.29 Å². The van der Waals surface area contributed by atoms with Gasteiger partial charge in [0.25, 0.3) is 0 Å². The van der Waals surface area contributed by atoms with Gasteiger partial charge < -0.3 is 39.9 Å². The molecule has 0 bridgehead atoms. The fraction of sp³-hybridized carbons (Fsp3) is 0.265. The molecule has 8 aromatic heterocycles. The number of nitrogen functional groups attached to an aromatic ring is 2. The third-order valence-corrected chi connectivity index (χ3v) is 12.7. The zero-order valence-electron chi connectivity index (χ0n) is 56.6. The van der Waals surface area contributed by atoms with Gasteiger partial charge in [-0.3, -0.25) is 40.2 Å². The first-order valence-electron chi connectivity index (χ1n) is 30.3. The first kappa shape index (κ1) is 78.5. The highest BCUT2D eigenvalue weighted by Gasteiger charge is 2.23.